The minimum atomic E-state index is -4.42. The van der Waals surface area contributed by atoms with Gasteiger partial charge in [0.2, 0.25) is 0 Å². The number of hydrogen-bond donors (Lipinski definition) is 5. The minimum absolute atomic E-state index is 0.184. The molecule has 2 atom stereocenters. The predicted octanol–water partition coefficient (Wildman–Crippen LogP) is 0.926. The van der Waals surface area contributed by atoms with E-state index in [0.717, 1.165) is 121 Å². The van der Waals surface area contributed by atoms with E-state index in [1.54, 1.807) is 0 Å². The lowest BCUT2D eigenvalue weighted by molar-refractivity contribution is -0.930. The number of nitrogens with one attached hydrogen (secondary N) is 2. The van der Waals surface area contributed by atoms with E-state index in [1.807, 2.05) is 13.8 Å². The standard InChI is InChI=1S/C46H104N10O12S4.C2H6/c1-4-5-34-55(38-12-17-46(2)3,41-33-53(26-15-44-71(63,64)65)30-31-54(28-20-49)29-24-51-23-22-50-21-13-42-69(57,58)59)36-10-7-11-37-56(35-9-6-8-18-47,39-16-45-72(66,67)68)40-32-52(27-19-48)25-14-43-70(60,61)62;1-2/h46,50-51H,4-45,47-49H2,1-3H3,(H2-2,57,58,59,60,61,62,63,64,65,66,67,68);1-2H3/p-2. The van der Waals surface area contributed by atoms with Gasteiger partial charge in [0.25, 0.3) is 0 Å². The monoisotopic (exact) mass is 1140 g/mol. The van der Waals surface area contributed by atoms with E-state index >= 15 is 0 Å². The maximum Gasteiger partial charge on any atom is 0.0948 e. The molecular formula is C48H108N10O12S4-2. The number of hydrogen-bond acceptors (Lipinski definition) is 20. The fraction of sp³-hybridized carbons (Fsp3) is 1.00. The summed E-state index contributed by atoms with van der Waals surface area (Å²) >= 11 is 0. The molecule has 0 rings (SSSR count). The Morgan fingerprint density at radius 3 is 1.20 bits per heavy atom. The molecule has 448 valence electrons. The third-order valence-corrected chi connectivity index (χ3v) is 16.7. The van der Waals surface area contributed by atoms with Gasteiger partial charge in [-0.1, -0.05) is 41.0 Å². The Hall–Kier alpha value is -0.760. The first kappa shape index (κ1) is 75.3. The molecule has 0 heterocycles. The summed E-state index contributed by atoms with van der Waals surface area (Å²) in [6.07, 6.45) is 10.6. The van der Waals surface area contributed by atoms with Crippen molar-refractivity contribution in [3.8, 4) is 0 Å². The summed E-state index contributed by atoms with van der Waals surface area (Å²) in [5, 5.41) is 6.53. The Balaban J connectivity index is 0. The SMILES string of the molecule is CC.CCCC[N+](CCCCC[N+](CCCCCN)(CCCS(=O)(=O)[O-])CCN(CCN)CCCS(=O)(=O)[O-])(CCCC(C)C)CCN(CCCS(=O)(=O)[O-])CCN(CCN)CCNCCNCCCS(=O)(=O)[O-]. The molecule has 0 radical (unpaired) electrons. The molecular weight excluding hydrogens is 1040 g/mol. The fourth-order valence-corrected chi connectivity index (χ4v) is 11.4. The summed E-state index contributed by atoms with van der Waals surface area (Å²) in [5.74, 6) is -1.19. The molecule has 2 unspecified atom stereocenters. The molecule has 0 aromatic rings. The van der Waals surface area contributed by atoms with E-state index in [-0.39, 0.29) is 25.7 Å². The van der Waals surface area contributed by atoms with E-state index in [2.05, 4.69) is 46.1 Å². The van der Waals surface area contributed by atoms with Gasteiger partial charge in [0.15, 0.2) is 0 Å². The van der Waals surface area contributed by atoms with Crippen molar-refractivity contribution in [1.29, 1.82) is 0 Å². The highest BCUT2D eigenvalue weighted by Gasteiger charge is 2.30. The molecule has 0 aliphatic rings. The van der Waals surface area contributed by atoms with Gasteiger partial charge in [-0.3, -0.25) is 14.7 Å². The molecule has 0 amide bonds. The minimum Gasteiger partial charge on any atom is -0.748 e. The quantitative estimate of drug-likeness (QED) is 0.0321. The van der Waals surface area contributed by atoms with Gasteiger partial charge >= 0.3 is 0 Å². The summed E-state index contributed by atoms with van der Waals surface area (Å²) in [7, 11) is -17.4. The molecule has 0 aromatic heterocycles. The van der Waals surface area contributed by atoms with Crippen LogP contribution in [0.3, 0.4) is 0 Å². The lowest BCUT2D eigenvalue weighted by Crippen LogP contribution is -2.55. The largest absolute Gasteiger partial charge is 0.748 e. The van der Waals surface area contributed by atoms with Gasteiger partial charge in [-0.15, -0.1) is 0 Å². The molecule has 0 aromatic carbocycles. The van der Waals surface area contributed by atoms with Crippen LogP contribution in [0.5, 0.6) is 0 Å². The van der Waals surface area contributed by atoms with Gasteiger partial charge in [-0.25, -0.2) is 33.7 Å². The van der Waals surface area contributed by atoms with Crippen LogP contribution in [0.4, 0.5) is 0 Å². The van der Waals surface area contributed by atoms with Crippen molar-refractivity contribution in [2.24, 2.45) is 23.1 Å². The smallest absolute Gasteiger partial charge is 0.0948 e. The van der Waals surface area contributed by atoms with Gasteiger partial charge in [0.1, 0.15) is 0 Å². The van der Waals surface area contributed by atoms with Crippen LogP contribution >= 0.6 is 0 Å². The molecule has 8 N–H and O–H groups in total. The van der Waals surface area contributed by atoms with Crippen molar-refractivity contribution in [2.75, 3.05) is 180 Å². The summed E-state index contributed by atoms with van der Waals surface area (Å²) < 4.78 is 139. The number of rotatable bonds is 53. The molecule has 0 saturated carbocycles. The van der Waals surface area contributed by atoms with E-state index in [4.69, 9.17) is 17.2 Å². The molecule has 74 heavy (non-hydrogen) atoms. The van der Waals surface area contributed by atoms with Crippen molar-refractivity contribution in [1.82, 2.24) is 25.3 Å². The lowest BCUT2D eigenvalue weighted by atomic mass is 10.1. The Labute approximate surface area is 452 Å². The molecule has 0 aliphatic heterocycles. The first-order chi connectivity index (χ1) is 34.8. The maximum absolute atomic E-state index is 11.8. The predicted molar refractivity (Wildman–Crippen MR) is 296 cm³/mol. The van der Waals surface area contributed by atoms with Crippen LogP contribution in [-0.4, -0.2) is 256 Å². The Morgan fingerprint density at radius 1 is 0.392 bits per heavy atom. The zero-order valence-electron chi connectivity index (χ0n) is 46.8. The first-order valence-corrected chi connectivity index (χ1v) is 34.2. The van der Waals surface area contributed by atoms with Crippen LogP contribution < -0.4 is 27.8 Å². The van der Waals surface area contributed by atoms with Crippen molar-refractivity contribution in [2.45, 2.75) is 125 Å². The average molecular weight is 1150 g/mol. The second-order valence-electron chi connectivity index (χ2n) is 20.3. The Kier molecular flexibility index (Phi) is 44.8. The van der Waals surface area contributed by atoms with Crippen LogP contribution in [0.25, 0.3) is 0 Å². The number of quaternary nitrogens is 2. The number of nitrogens with zero attached hydrogens (tertiary/aromatic N) is 5. The second kappa shape index (κ2) is 44.0. The second-order valence-corrected chi connectivity index (χ2v) is 26.4. The van der Waals surface area contributed by atoms with E-state index in [9.17, 15) is 51.9 Å². The highest BCUT2D eigenvalue weighted by molar-refractivity contribution is 7.86. The van der Waals surface area contributed by atoms with Crippen LogP contribution in [0, 0.1) is 5.92 Å². The summed E-state index contributed by atoms with van der Waals surface area (Å²) in [6, 6.07) is 0. The highest BCUT2D eigenvalue weighted by Crippen LogP contribution is 2.20. The highest BCUT2D eigenvalue weighted by atomic mass is 32.2. The van der Waals surface area contributed by atoms with Gasteiger partial charge in [0, 0.05) is 108 Å². The van der Waals surface area contributed by atoms with Gasteiger partial charge in [0.05, 0.1) is 92.8 Å². The molecule has 0 aliphatic carbocycles. The molecule has 0 bridgehead atoms. The Morgan fingerprint density at radius 2 is 0.770 bits per heavy atom. The molecule has 22 nitrogen and oxygen atoms in total. The number of nitrogens with two attached hydrogens (primary N) is 3. The van der Waals surface area contributed by atoms with Crippen molar-refractivity contribution >= 4 is 40.5 Å². The summed E-state index contributed by atoms with van der Waals surface area (Å²) in [5.41, 5.74) is 17.8. The number of unbranched alkanes of at least 4 members (excludes halogenated alkanes) is 5. The van der Waals surface area contributed by atoms with Gasteiger partial charge in [-0.2, -0.15) is 0 Å². The third kappa shape index (κ3) is 47.3. The fourth-order valence-electron chi connectivity index (χ4n) is 9.42. The van der Waals surface area contributed by atoms with E-state index < -0.39 is 63.5 Å². The maximum atomic E-state index is 11.8. The zero-order chi connectivity index (χ0) is 56.4. The van der Waals surface area contributed by atoms with E-state index in [1.165, 1.54) is 0 Å². The summed E-state index contributed by atoms with van der Waals surface area (Å²) in [4.78, 5) is 6.63. The van der Waals surface area contributed by atoms with Gasteiger partial charge < -0.3 is 55.0 Å². The molecule has 0 saturated heterocycles. The Bertz CT molecular complexity index is 1790. The van der Waals surface area contributed by atoms with Crippen LogP contribution in [0.15, 0.2) is 0 Å². The lowest BCUT2D eigenvalue weighted by Gasteiger charge is -2.42. The third-order valence-electron chi connectivity index (χ3n) is 13.5. The van der Waals surface area contributed by atoms with Crippen molar-refractivity contribution in [3.63, 3.8) is 0 Å². The normalized spacial score (nSPS) is 14.5. The van der Waals surface area contributed by atoms with Crippen molar-refractivity contribution < 1.29 is 60.8 Å². The molecule has 0 fully saturated rings. The molecule has 26 heteroatoms. The van der Waals surface area contributed by atoms with Crippen LogP contribution in [0.2, 0.25) is 0 Å². The molecule has 0 spiro atoms. The van der Waals surface area contributed by atoms with Crippen LogP contribution in [-0.2, 0) is 40.5 Å². The summed E-state index contributed by atoms with van der Waals surface area (Å²) in [6.45, 7) is 26.4. The van der Waals surface area contributed by atoms with E-state index in [0.29, 0.717) is 115 Å². The topological polar surface area (TPSA) is 341 Å². The average Bonchev–Trinajstić information content (AvgIpc) is 3.30. The van der Waals surface area contributed by atoms with Gasteiger partial charge in [-0.05, 0) is 109 Å². The zero-order valence-corrected chi connectivity index (χ0v) is 50.0. The van der Waals surface area contributed by atoms with Crippen LogP contribution in [0.1, 0.15) is 125 Å². The van der Waals surface area contributed by atoms with Crippen molar-refractivity contribution in [3.05, 3.63) is 0 Å². The first-order valence-electron chi connectivity index (χ1n) is 27.9.